The minimum atomic E-state index is -1.16. The summed E-state index contributed by atoms with van der Waals surface area (Å²) in [6.45, 7) is 1.09. The van der Waals surface area contributed by atoms with Crippen LogP contribution in [0.25, 0.3) is 11.1 Å². The van der Waals surface area contributed by atoms with E-state index in [2.05, 4.69) is 10.6 Å². The lowest BCUT2D eigenvalue weighted by Crippen LogP contribution is -2.46. The molecule has 0 heterocycles. The van der Waals surface area contributed by atoms with Gasteiger partial charge in [0.1, 0.15) is 19.2 Å². The number of benzene rings is 2. The van der Waals surface area contributed by atoms with Gasteiger partial charge in [-0.3, -0.25) is 9.59 Å². The first kappa shape index (κ1) is 18.4. The number of fused-ring (bicyclic) bond motifs is 3. The molecule has 2 aromatic rings. The molecule has 7 heteroatoms. The smallest absolute Gasteiger partial charge is 0.407 e. The molecule has 0 aliphatic heterocycles. The molecule has 1 unspecified atom stereocenters. The number of carboxylic acids is 1. The highest BCUT2D eigenvalue weighted by Gasteiger charge is 2.29. The summed E-state index contributed by atoms with van der Waals surface area (Å²) in [6.07, 6.45) is -0.727. The molecule has 3 N–H and O–H groups in total. The largest absolute Gasteiger partial charge is 0.480 e. The topological polar surface area (TPSA) is 105 Å². The second kappa shape index (κ2) is 7.90. The van der Waals surface area contributed by atoms with Crippen molar-refractivity contribution in [2.24, 2.45) is 0 Å². The molecule has 0 saturated heterocycles. The van der Waals surface area contributed by atoms with Crippen LogP contribution in [0.3, 0.4) is 0 Å². The van der Waals surface area contributed by atoms with Gasteiger partial charge in [0.2, 0.25) is 5.91 Å². The number of ether oxygens (including phenoxy) is 1. The number of carboxylic acid groups (broad SMARTS) is 1. The molecule has 0 radical (unpaired) electrons. The van der Waals surface area contributed by atoms with Crippen molar-refractivity contribution < 1.29 is 24.2 Å². The molecule has 0 fully saturated rings. The van der Waals surface area contributed by atoms with Crippen molar-refractivity contribution in [3.05, 3.63) is 59.7 Å². The lowest BCUT2D eigenvalue weighted by atomic mass is 9.98. The molecule has 1 aliphatic carbocycles. The predicted molar refractivity (Wildman–Crippen MR) is 98.3 cm³/mol. The fraction of sp³-hybridized carbons (Fsp3) is 0.250. The van der Waals surface area contributed by atoms with Gasteiger partial charge in [0.15, 0.2) is 0 Å². The third-order valence-corrected chi connectivity index (χ3v) is 4.49. The number of carbonyl (C=O) groups is 3. The quantitative estimate of drug-likeness (QED) is 0.677. The van der Waals surface area contributed by atoms with Gasteiger partial charge in [-0.15, -0.1) is 0 Å². The first-order chi connectivity index (χ1) is 13.0. The van der Waals surface area contributed by atoms with Crippen molar-refractivity contribution in [1.82, 2.24) is 10.6 Å². The van der Waals surface area contributed by atoms with Crippen molar-refractivity contribution in [2.45, 2.75) is 18.9 Å². The fourth-order valence-electron chi connectivity index (χ4n) is 3.20. The molecule has 1 aliphatic rings. The molecule has 0 spiro atoms. The average Bonchev–Trinajstić information content (AvgIpc) is 2.98. The average molecular weight is 369 g/mol. The van der Waals surface area contributed by atoms with Crippen molar-refractivity contribution in [2.75, 3.05) is 13.2 Å². The molecule has 2 aromatic carbocycles. The highest BCUT2D eigenvalue weighted by molar-refractivity contribution is 5.87. The van der Waals surface area contributed by atoms with Gasteiger partial charge in [-0.05, 0) is 29.2 Å². The van der Waals surface area contributed by atoms with E-state index in [-0.39, 0.29) is 12.5 Å². The Kier molecular flexibility index (Phi) is 5.40. The van der Waals surface area contributed by atoms with Crippen molar-refractivity contribution in [3.63, 3.8) is 0 Å². The molecule has 7 nitrogen and oxygen atoms in total. The van der Waals surface area contributed by atoms with E-state index in [9.17, 15) is 14.4 Å². The first-order valence-corrected chi connectivity index (χ1v) is 8.58. The summed E-state index contributed by atoms with van der Waals surface area (Å²) < 4.78 is 5.34. The number of hydrogen-bond donors (Lipinski definition) is 3. The van der Waals surface area contributed by atoms with E-state index >= 15 is 0 Å². The maximum Gasteiger partial charge on any atom is 0.407 e. The summed E-state index contributed by atoms with van der Waals surface area (Å²) in [7, 11) is 0. The zero-order chi connectivity index (χ0) is 19.4. The Morgan fingerprint density at radius 3 is 2.15 bits per heavy atom. The van der Waals surface area contributed by atoms with Crippen LogP contribution < -0.4 is 10.6 Å². The fourth-order valence-corrected chi connectivity index (χ4v) is 3.20. The second-order valence-electron chi connectivity index (χ2n) is 6.30. The lowest BCUT2D eigenvalue weighted by Gasteiger charge is -2.17. The zero-order valence-corrected chi connectivity index (χ0v) is 14.8. The number of hydrogen-bond acceptors (Lipinski definition) is 4. The summed E-state index contributed by atoms with van der Waals surface area (Å²) in [5.74, 6) is -1.82. The number of rotatable bonds is 6. The van der Waals surface area contributed by atoms with Crippen LogP contribution in [0, 0.1) is 0 Å². The Bertz CT molecular complexity index is 835. The molecule has 27 heavy (non-hydrogen) atoms. The van der Waals surface area contributed by atoms with Crippen LogP contribution in [0.1, 0.15) is 24.0 Å². The molecule has 0 aromatic heterocycles. The minimum absolute atomic E-state index is 0.0701. The van der Waals surface area contributed by atoms with E-state index in [1.807, 2.05) is 48.5 Å². The molecular weight excluding hydrogens is 349 g/mol. The first-order valence-electron chi connectivity index (χ1n) is 8.58. The summed E-state index contributed by atoms with van der Waals surface area (Å²) in [6, 6.07) is 15.1. The van der Waals surface area contributed by atoms with Crippen LogP contribution in [0.4, 0.5) is 4.79 Å². The maximum atomic E-state index is 12.0. The van der Waals surface area contributed by atoms with E-state index in [0.29, 0.717) is 0 Å². The van der Waals surface area contributed by atoms with E-state index in [1.54, 1.807) is 0 Å². The van der Waals surface area contributed by atoms with Gasteiger partial charge in [0.25, 0.3) is 0 Å². The Morgan fingerprint density at radius 1 is 1.04 bits per heavy atom. The van der Waals surface area contributed by atoms with Crippen LogP contribution in [-0.2, 0) is 14.3 Å². The highest BCUT2D eigenvalue weighted by Crippen LogP contribution is 2.44. The van der Waals surface area contributed by atoms with Gasteiger partial charge in [-0.25, -0.2) is 4.79 Å². The van der Waals surface area contributed by atoms with Gasteiger partial charge in [0, 0.05) is 5.92 Å². The highest BCUT2D eigenvalue weighted by atomic mass is 16.6. The third-order valence-electron chi connectivity index (χ3n) is 4.49. The van der Waals surface area contributed by atoms with E-state index in [0.717, 1.165) is 22.3 Å². The Labute approximate surface area is 156 Å². The van der Waals surface area contributed by atoms with Gasteiger partial charge in [-0.2, -0.15) is 0 Å². The summed E-state index contributed by atoms with van der Waals surface area (Å²) >= 11 is 0. The molecule has 3 rings (SSSR count). The van der Waals surface area contributed by atoms with Crippen LogP contribution in [0.15, 0.2) is 48.5 Å². The summed E-state index contributed by atoms with van der Waals surface area (Å²) in [5.41, 5.74) is 4.45. The van der Waals surface area contributed by atoms with Gasteiger partial charge in [-0.1, -0.05) is 48.5 Å². The van der Waals surface area contributed by atoms with Crippen LogP contribution in [-0.4, -0.2) is 42.3 Å². The molecule has 1 atom stereocenters. The van der Waals surface area contributed by atoms with Crippen LogP contribution in [0.2, 0.25) is 0 Å². The van der Waals surface area contributed by atoms with E-state index in [1.165, 1.54) is 6.92 Å². The number of amides is 2. The number of aliphatic carboxylic acids is 1. The van der Waals surface area contributed by atoms with Crippen LogP contribution >= 0.6 is 0 Å². The molecule has 140 valence electrons. The SMILES string of the molecule is CC([15NH]C(=O)OCC1c2ccccc2-c2ccccc21)C(=O)NCC(=O)O. The molecular formula is C20H20N2O5. The van der Waals surface area contributed by atoms with E-state index in [4.69, 9.17) is 9.84 Å². The Hall–Kier alpha value is -3.35. The monoisotopic (exact) mass is 369 g/mol. The molecule has 0 saturated carbocycles. The summed E-state index contributed by atoms with van der Waals surface area (Å²) in [4.78, 5) is 34.2. The Morgan fingerprint density at radius 2 is 1.59 bits per heavy atom. The van der Waals surface area contributed by atoms with E-state index < -0.39 is 30.6 Å². The van der Waals surface area contributed by atoms with Gasteiger partial charge < -0.3 is 20.5 Å². The number of alkyl carbamates (subject to hydrolysis) is 1. The van der Waals surface area contributed by atoms with Crippen molar-refractivity contribution in [1.29, 1.82) is 0 Å². The lowest BCUT2D eigenvalue weighted by molar-refractivity contribution is -0.138. The zero-order valence-electron chi connectivity index (χ0n) is 14.8. The minimum Gasteiger partial charge on any atom is -0.480 e. The van der Waals surface area contributed by atoms with Gasteiger partial charge >= 0.3 is 12.1 Å². The van der Waals surface area contributed by atoms with Crippen molar-refractivity contribution in [3.8, 4) is 11.1 Å². The maximum absolute atomic E-state index is 12.0. The predicted octanol–water partition coefficient (Wildman–Crippen LogP) is 2.11. The summed E-state index contributed by atoms with van der Waals surface area (Å²) in [5, 5.41) is 13.2. The Balaban J connectivity index is 1.61. The number of carbonyl (C=O) groups excluding carboxylic acids is 2. The second-order valence-corrected chi connectivity index (χ2v) is 6.30. The third kappa shape index (κ3) is 4.08. The van der Waals surface area contributed by atoms with Gasteiger partial charge in [0.05, 0.1) is 0 Å². The standard InChI is InChI=1S/C20H20N2O5/c1-12(19(25)21-10-18(23)24)22-20(26)27-11-17-15-8-4-2-6-13(15)14-7-3-5-9-16(14)17/h2-9,12,17H,10-11H2,1H3,(H,21,25)(H,22,26)(H,23,24)/i22+1. The number of nitrogens with one attached hydrogen (secondary N) is 2. The molecule has 0 bridgehead atoms. The van der Waals surface area contributed by atoms with Crippen molar-refractivity contribution >= 4 is 18.0 Å². The normalized spacial score (nSPS) is 13.2. The van der Waals surface area contributed by atoms with Crippen LogP contribution in [0.5, 0.6) is 0 Å². The molecule has 2 amide bonds.